The summed E-state index contributed by atoms with van der Waals surface area (Å²) in [6.45, 7) is 8.59. The molecule has 2 N–H and O–H groups in total. The second-order valence-electron chi connectivity index (χ2n) is 12.5. The first-order valence-corrected chi connectivity index (χ1v) is 15.0. The second kappa shape index (κ2) is 12.2. The van der Waals surface area contributed by atoms with Crippen molar-refractivity contribution in [2.24, 2.45) is 23.7 Å². The molecule has 5 rings (SSSR count). The first kappa shape index (κ1) is 27.3. The number of hydrogen-bond donors (Lipinski definition) is 2. The minimum Gasteiger partial charge on any atom is -0.339 e. The van der Waals surface area contributed by atoms with Gasteiger partial charge in [0, 0.05) is 38.1 Å². The number of carbonyl (C=O) groups is 3. The molecule has 4 saturated carbocycles. The summed E-state index contributed by atoms with van der Waals surface area (Å²) in [6, 6.07) is -0.697. The SMILES string of the molecule is CCCCCCCC(=O)N1CCN(C(=O)C(NC(=O)NC23CC4CC(CC(C4)C2)C3)C(C)CC)CC1. The zero-order valence-corrected chi connectivity index (χ0v) is 23.0. The van der Waals surface area contributed by atoms with E-state index in [0.29, 0.717) is 32.6 Å². The molecule has 5 aliphatic rings. The number of nitrogens with zero attached hydrogens (tertiary/aromatic N) is 2. The normalized spacial score (nSPS) is 30.7. The van der Waals surface area contributed by atoms with Gasteiger partial charge in [0.2, 0.25) is 11.8 Å². The number of carbonyl (C=O) groups excluding carboxylic acids is 3. The van der Waals surface area contributed by atoms with Crippen LogP contribution in [0.25, 0.3) is 0 Å². The molecule has 0 radical (unpaired) electrons. The number of nitrogens with one attached hydrogen (secondary N) is 2. The lowest BCUT2D eigenvalue weighted by molar-refractivity contribution is -0.141. The number of urea groups is 1. The first-order chi connectivity index (χ1) is 17.3. The minimum atomic E-state index is -0.523. The summed E-state index contributed by atoms with van der Waals surface area (Å²) in [4.78, 5) is 43.1. The topological polar surface area (TPSA) is 81.8 Å². The van der Waals surface area contributed by atoms with Crippen LogP contribution in [0.3, 0.4) is 0 Å². The molecule has 4 aliphatic carbocycles. The van der Waals surface area contributed by atoms with Gasteiger partial charge in [-0.2, -0.15) is 0 Å². The summed E-state index contributed by atoms with van der Waals surface area (Å²) < 4.78 is 0. The van der Waals surface area contributed by atoms with E-state index in [2.05, 4.69) is 24.5 Å². The van der Waals surface area contributed by atoms with Gasteiger partial charge in [0.25, 0.3) is 0 Å². The molecule has 1 aliphatic heterocycles. The summed E-state index contributed by atoms with van der Waals surface area (Å²) in [5.74, 6) is 2.56. The van der Waals surface area contributed by atoms with Crippen LogP contribution in [-0.4, -0.2) is 65.4 Å². The Morgan fingerprint density at radius 2 is 1.39 bits per heavy atom. The molecule has 36 heavy (non-hydrogen) atoms. The van der Waals surface area contributed by atoms with Crippen molar-refractivity contribution in [3.63, 3.8) is 0 Å². The highest BCUT2D eigenvalue weighted by Crippen LogP contribution is 2.55. The zero-order chi connectivity index (χ0) is 25.7. The third-order valence-electron chi connectivity index (χ3n) is 9.62. The highest BCUT2D eigenvalue weighted by Gasteiger charge is 2.51. The molecule has 0 spiro atoms. The number of hydrogen-bond acceptors (Lipinski definition) is 3. The van der Waals surface area contributed by atoms with Crippen LogP contribution >= 0.6 is 0 Å². The fraction of sp³-hybridized carbons (Fsp3) is 0.897. The Labute approximate surface area is 218 Å². The Morgan fingerprint density at radius 3 is 1.94 bits per heavy atom. The van der Waals surface area contributed by atoms with Gasteiger partial charge in [-0.25, -0.2) is 4.79 Å². The molecule has 7 nitrogen and oxygen atoms in total. The third kappa shape index (κ3) is 6.55. The van der Waals surface area contributed by atoms with Gasteiger partial charge in [0.1, 0.15) is 6.04 Å². The monoisotopic (exact) mass is 502 g/mol. The van der Waals surface area contributed by atoms with E-state index in [9.17, 15) is 14.4 Å². The van der Waals surface area contributed by atoms with Crippen molar-refractivity contribution in [2.75, 3.05) is 26.2 Å². The maximum Gasteiger partial charge on any atom is 0.315 e. The third-order valence-corrected chi connectivity index (χ3v) is 9.62. The average Bonchev–Trinajstić information content (AvgIpc) is 2.85. The van der Waals surface area contributed by atoms with Crippen LogP contribution in [-0.2, 0) is 9.59 Å². The average molecular weight is 503 g/mol. The van der Waals surface area contributed by atoms with E-state index in [1.54, 1.807) is 0 Å². The van der Waals surface area contributed by atoms with E-state index in [0.717, 1.165) is 56.3 Å². The molecule has 0 aromatic carbocycles. The van der Waals surface area contributed by atoms with Crippen molar-refractivity contribution in [2.45, 2.75) is 116 Å². The molecule has 5 fully saturated rings. The molecule has 4 amide bonds. The molecule has 1 saturated heterocycles. The Bertz CT molecular complexity index is 741. The van der Waals surface area contributed by atoms with E-state index in [1.165, 1.54) is 38.5 Å². The number of unbranched alkanes of at least 4 members (excludes halogenated alkanes) is 4. The molecule has 4 bridgehead atoms. The van der Waals surface area contributed by atoms with Crippen molar-refractivity contribution in [1.82, 2.24) is 20.4 Å². The molecule has 2 unspecified atom stereocenters. The van der Waals surface area contributed by atoms with Crippen LogP contribution in [0.4, 0.5) is 4.79 Å². The smallest absolute Gasteiger partial charge is 0.315 e. The largest absolute Gasteiger partial charge is 0.339 e. The van der Waals surface area contributed by atoms with E-state index < -0.39 is 6.04 Å². The van der Waals surface area contributed by atoms with E-state index in [-0.39, 0.29) is 29.3 Å². The van der Waals surface area contributed by atoms with Gasteiger partial charge in [0.05, 0.1) is 0 Å². The number of rotatable bonds is 11. The zero-order valence-electron chi connectivity index (χ0n) is 23.0. The van der Waals surface area contributed by atoms with E-state index in [4.69, 9.17) is 0 Å². The summed E-state index contributed by atoms with van der Waals surface area (Å²) in [5, 5.41) is 6.47. The van der Waals surface area contributed by atoms with Gasteiger partial charge in [-0.15, -0.1) is 0 Å². The predicted octanol–water partition coefficient (Wildman–Crippen LogP) is 4.70. The Morgan fingerprint density at radius 1 is 0.833 bits per heavy atom. The maximum absolute atomic E-state index is 13.5. The predicted molar refractivity (Wildman–Crippen MR) is 142 cm³/mol. The number of amides is 4. The summed E-state index contributed by atoms with van der Waals surface area (Å²) in [6.07, 6.45) is 14.5. The number of piperazine rings is 1. The van der Waals surface area contributed by atoms with Crippen molar-refractivity contribution in [3.8, 4) is 0 Å². The fourth-order valence-corrected chi connectivity index (χ4v) is 7.78. The molecule has 204 valence electrons. The van der Waals surface area contributed by atoms with Gasteiger partial charge in [-0.1, -0.05) is 52.9 Å². The maximum atomic E-state index is 13.5. The lowest BCUT2D eigenvalue weighted by Crippen LogP contribution is -2.64. The van der Waals surface area contributed by atoms with Gasteiger partial charge in [0.15, 0.2) is 0 Å². The summed E-state index contributed by atoms with van der Waals surface area (Å²) in [5.41, 5.74) is -0.0651. The molecule has 2 atom stereocenters. The van der Waals surface area contributed by atoms with Crippen LogP contribution in [0.1, 0.15) is 104 Å². The lowest BCUT2D eigenvalue weighted by Gasteiger charge is -2.56. The molecule has 1 heterocycles. The first-order valence-electron chi connectivity index (χ1n) is 15.0. The van der Waals surface area contributed by atoms with Gasteiger partial charge in [-0.3, -0.25) is 9.59 Å². The van der Waals surface area contributed by atoms with E-state index in [1.807, 2.05) is 16.7 Å². The molecular formula is C29H50N4O3. The summed E-state index contributed by atoms with van der Waals surface area (Å²) in [7, 11) is 0. The fourth-order valence-electron chi connectivity index (χ4n) is 7.78. The van der Waals surface area contributed by atoms with Crippen molar-refractivity contribution >= 4 is 17.8 Å². The molecule has 0 aromatic rings. The Kier molecular flexibility index (Phi) is 9.21. The van der Waals surface area contributed by atoms with Crippen molar-refractivity contribution in [1.29, 1.82) is 0 Å². The highest BCUT2D eigenvalue weighted by molar-refractivity contribution is 5.88. The van der Waals surface area contributed by atoms with Crippen LogP contribution in [0.2, 0.25) is 0 Å². The summed E-state index contributed by atoms with van der Waals surface area (Å²) >= 11 is 0. The molecule has 7 heteroatoms. The van der Waals surface area contributed by atoms with Gasteiger partial charge >= 0.3 is 6.03 Å². The standard InChI is InChI=1S/C29H50N4O3/c1-4-6-7-8-9-10-25(34)32-11-13-33(14-12-32)27(35)26(21(3)5-2)30-28(36)31-29-18-22-15-23(19-29)17-24(16-22)20-29/h21-24,26H,4-20H2,1-3H3,(H2,30,31,36). The van der Waals surface area contributed by atoms with Crippen molar-refractivity contribution in [3.05, 3.63) is 0 Å². The second-order valence-corrected chi connectivity index (χ2v) is 12.5. The van der Waals surface area contributed by atoms with Crippen LogP contribution in [0.15, 0.2) is 0 Å². The molecular weight excluding hydrogens is 452 g/mol. The Hall–Kier alpha value is -1.79. The molecule has 0 aromatic heterocycles. The minimum absolute atomic E-state index is 0.00308. The van der Waals surface area contributed by atoms with Crippen LogP contribution < -0.4 is 10.6 Å². The van der Waals surface area contributed by atoms with Crippen LogP contribution in [0.5, 0.6) is 0 Å². The Balaban J connectivity index is 1.26. The van der Waals surface area contributed by atoms with Crippen LogP contribution in [0, 0.1) is 23.7 Å². The van der Waals surface area contributed by atoms with Gasteiger partial charge in [-0.05, 0) is 68.6 Å². The lowest BCUT2D eigenvalue weighted by atomic mass is 9.53. The quantitative estimate of drug-likeness (QED) is 0.402. The highest BCUT2D eigenvalue weighted by atomic mass is 16.2. The van der Waals surface area contributed by atoms with E-state index >= 15 is 0 Å². The van der Waals surface area contributed by atoms with Crippen molar-refractivity contribution < 1.29 is 14.4 Å². The van der Waals surface area contributed by atoms with Gasteiger partial charge < -0.3 is 20.4 Å².